The maximum absolute atomic E-state index is 12.8. The highest BCUT2D eigenvalue weighted by atomic mass is 79.9. The second kappa shape index (κ2) is 5.67. The van der Waals surface area contributed by atoms with Crippen LogP contribution in [0, 0.1) is 0 Å². The summed E-state index contributed by atoms with van der Waals surface area (Å²) >= 11 is 3.23. The third kappa shape index (κ3) is 3.37. The lowest BCUT2D eigenvalue weighted by Gasteiger charge is -2.19. The molecule has 0 radical (unpaired) electrons. The molecular weight excluding hydrogens is 342 g/mol. The summed E-state index contributed by atoms with van der Waals surface area (Å²) in [4.78, 5) is 19.0. The molecule has 112 valence electrons. The predicted molar refractivity (Wildman–Crippen MR) is 81.7 cm³/mol. The van der Waals surface area contributed by atoms with Crippen molar-refractivity contribution < 1.29 is 8.78 Å². The molecular formula is C15H15BrF2N2O. The van der Waals surface area contributed by atoms with Crippen LogP contribution in [0.15, 0.2) is 33.5 Å². The molecule has 0 saturated carbocycles. The first-order chi connectivity index (χ1) is 9.70. The van der Waals surface area contributed by atoms with Gasteiger partial charge in [0.05, 0.1) is 5.69 Å². The van der Waals surface area contributed by atoms with Gasteiger partial charge in [-0.25, -0.2) is 13.8 Å². The Balaban J connectivity index is 2.63. The molecule has 1 aromatic heterocycles. The molecule has 1 N–H and O–H groups in total. The SMILES string of the molecule is CC(C)(C)c1nc(-c2cccc(C(F)F)c2)[nH]c(=O)c1Br. The summed E-state index contributed by atoms with van der Waals surface area (Å²) in [5.74, 6) is 0.288. The number of halogens is 3. The monoisotopic (exact) mass is 356 g/mol. The maximum Gasteiger partial charge on any atom is 0.265 e. The lowest BCUT2D eigenvalue weighted by atomic mass is 9.92. The third-order valence-electron chi connectivity index (χ3n) is 2.99. The maximum atomic E-state index is 12.8. The molecule has 0 saturated heterocycles. The summed E-state index contributed by atoms with van der Waals surface area (Å²) in [5.41, 5.74) is 0.275. The van der Waals surface area contributed by atoms with E-state index in [9.17, 15) is 13.6 Å². The van der Waals surface area contributed by atoms with Gasteiger partial charge in [0.15, 0.2) is 0 Å². The second-order valence-electron chi connectivity index (χ2n) is 5.75. The van der Waals surface area contributed by atoms with E-state index in [1.54, 1.807) is 6.07 Å². The fourth-order valence-electron chi connectivity index (χ4n) is 1.91. The smallest absolute Gasteiger partial charge is 0.265 e. The summed E-state index contributed by atoms with van der Waals surface area (Å²) in [7, 11) is 0. The van der Waals surface area contributed by atoms with Crippen molar-refractivity contribution in [3.63, 3.8) is 0 Å². The molecule has 0 spiro atoms. The number of hydrogen-bond acceptors (Lipinski definition) is 2. The Morgan fingerprint density at radius 2 is 1.95 bits per heavy atom. The molecule has 0 unspecified atom stereocenters. The third-order valence-corrected chi connectivity index (χ3v) is 3.72. The summed E-state index contributed by atoms with van der Waals surface area (Å²) in [6, 6.07) is 5.85. The van der Waals surface area contributed by atoms with Gasteiger partial charge < -0.3 is 4.98 Å². The fraction of sp³-hybridized carbons (Fsp3) is 0.333. The summed E-state index contributed by atoms with van der Waals surface area (Å²) < 4.78 is 25.9. The van der Waals surface area contributed by atoms with Gasteiger partial charge in [0.1, 0.15) is 10.3 Å². The van der Waals surface area contributed by atoms with Crippen molar-refractivity contribution >= 4 is 15.9 Å². The average Bonchev–Trinajstić information content (AvgIpc) is 2.40. The van der Waals surface area contributed by atoms with Gasteiger partial charge in [-0.15, -0.1) is 0 Å². The molecule has 2 rings (SSSR count). The number of aromatic amines is 1. The summed E-state index contributed by atoms with van der Waals surface area (Å²) in [5, 5.41) is 0. The van der Waals surface area contributed by atoms with E-state index in [0.29, 0.717) is 15.7 Å². The molecule has 0 amide bonds. The normalized spacial score (nSPS) is 12.0. The van der Waals surface area contributed by atoms with Crippen LogP contribution in [0.5, 0.6) is 0 Å². The second-order valence-corrected chi connectivity index (χ2v) is 6.55. The van der Waals surface area contributed by atoms with Crippen molar-refractivity contribution in [3.8, 4) is 11.4 Å². The van der Waals surface area contributed by atoms with Crippen molar-refractivity contribution in [3.05, 3.63) is 50.3 Å². The molecule has 21 heavy (non-hydrogen) atoms. The zero-order valence-electron chi connectivity index (χ0n) is 11.9. The van der Waals surface area contributed by atoms with Crippen LogP contribution < -0.4 is 5.56 Å². The Morgan fingerprint density at radius 1 is 1.29 bits per heavy atom. The summed E-state index contributed by atoms with van der Waals surface area (Å²) in [6.07, 6.45) is -2.56. The Kier molecular flexibility index (Phi) is 4.27. The van der Waals surface area contributed by atoms with E-state index in [1.165, 1.54) is 18.2 Å². The molecule has 3 nitrogen and oxygen atoms in total. The first-order valence-electron chi connectivity index (χ1n) is 6.39. The Bertz CT molecular complexity index is 720. The van der Waals surface area contributed by atoms with Gasteiger partial charge in [-0.3, -0.25) is 4.79 Å². The van der Waals surface area contributed by atoms with E-state index in [0.717, 1.165) is 0 Å². The summed E-state index contributed by atoms with van der Waals surface area (Å²) in [6.45, 7) is 5.79. The predicted octanol–water partition coefficient (Wildman–Crippen LogP) is 4.43. The van der Waals surface area contributed by atoms with Gasteiger partial charge in [-0.1, -0.05) is 39.0 Å². The minimum atomic E-state index is -2.56. The number of alkyl halides is 2. The number of rotatable bonds is 2. The molecule has 0 fully saturated rings. The molecule has 0 aliphatic carbocycles. The van der Waals surface area contributed by atoms with Crippen LogP contribution >= 0.6 is 15.9 Å². The van der Waals surface area contributed by atoms with E-state index >= 15 is 0 Å². The lowest BCUT2D eigenvalue weighted by Crippen LogP contribution is -2.22. The number of benzene rings is 1. The number of aromatic nitrogens is 2. The van der Waals surface area contributed by atoms with Crippen molar-refractivity contribution in [2.75, 3.05) is 0 Å². The van der Waals surface area contributed by atoms with E-state index in [-0.39, 0.29) is 22.4 Å². The van der Waals surface area contributed by atoms with E-state index in [4.69, 9.17) is 0 Å². The number of nitrogens with one attached hydrogen (secondary N) is 1. The van der Waals surface area contributed by atoms with E-state index < -0.39 is 6.43 Å². The van der Waals surface area contributed by atoms with Gasteiger partial charge in [0, 0.05) is 16.5 Å². The van der Waals surface area contributed by atoms with E-state index in [1.807, 2.05) is 20.8 Å². The lowest BCUT2D eigenvalue weighted by molar-refractivity contribution is 0.151. The average molecular weight is 357 g/mol. The van der Waals surface area contributed by atoms with Gasteiger partial charge in [0.25, 0.3) is 12.0 Å². The molecule has 6 heteroatoms. The van der Waals surface area contributed by atoms with Crippen LogP contribution in [0.4, 0.5) is 8.78 Å². The molecule has 1 aromatic carbocycles. The van der Waals surface area contributed by atoms with Crippen LogP contribution in [0.2, 0.25) is 0 Å². The number of H-pyrrole nitrogens is 1. The van der Waals surface area contributed by atoms with E-state index in [2.05, 4.69) is 25.9 Å². The quantitative estimate of drug-likeness (QED) is 0.864. The van der Waals surface area contributed by atoms with Gasteiger partial charge in [-0.2, -0.15) is 0 Å². The number of nitrogens with zero attached hydrogens (tertiary/aromatic N) is 1. The zero-order valence-corrected chi connectivity index (χ0v) is 13.5. The molecule has 0 aliphatic heterocycles. The van der Waals surface area contributed by atoms with Crippen molar-refractivity contribution in [2.45, 2.75) is 32.6 Å². The minimum Gasteiger partial charge on any atom is -0.306 e. The zero-order chi connectivity index (χ0) is 15.8. The highest BCUT2D eigenvalue weighted by Crippen LogP contribution is 2.28. The van der Waals surface area contributed by atoms with Crippen molar-refractivity contribution in [1.82, 2.24) is 9.97 Å². The minimum absolute atomic E-state index is 0.102. The van der Waals surface area contributed by atoms with Crippen LogP contribution in [0.1, 0.15) is 38.5 Å². The number of hydrogen-bond donors (Lipinski definition) is 1. The van der Waals surface area contributed by atoms with Crippen LogP contribution in [-0.2, 0) is 5.41 Å². The van der Waals surface area contributed by atoms with Crippen LogP contribution in [0.3, 0.4) is 0 Å². The van der Waals surface area contributed by atoms with Crippen LogP contribution in [0.25, 0.3) is 11.4 Å². The molecule has 0 atom stereocenters. The first-order valence-corrected chi connectivity index (χ1v) is 7.18. The molecule has 2 aromatic rings. The standard InChI is InChI=1S/C15H15BrF2N2O/c1-15(2,3)11-10(16)14(21)20-13(19-11)9-6-4-5-8(7-9)12(17)18/h4-7,12H,1-3H3,(H,19,20,21). The highest BCUT2D eigenvalue weighted by Gasteiger charge is 2.22. The molecule has 0 aliphatic rings. The van der Waals surface area contributed by atoms with Gasteiger partial charge >= 0.3 is 0 Å². The first kappa shape index (κ1) is 15.8. The Labute approximate surface area is 129 Å². The highest BCUT2D eigenvalue weighted by molar-refractivity contribution is 9.10. The van der Waals surface area contributed by atoms with Gasteiger partial charge in [0.2, 0.25) is 0 Å². The largest absolute Gasteiger partial charge is 0.306 e. The fourth-order valence-corrected chi connectivity index (χ4v) is 2.70. The van der Waals surface area contributed by atoms with Crippen LogP contribution in [-0.4, -0.2) is 9.97 Å². The Hall–Kier alpha value is -1.56. The molecule has 0 bridgehead atoms. The van der Waals surface area contributed by atoms with Crippen molar-refractivity contribution in [1.29, 1.82) is 0 Å². The Morgan fingerprint density at radius 3 is 2.52 bits per heavy atom. The molecule has 1 heterocycles. The van der Waals surface area contributed by atoms with Crippen molar-refractivity contribution in [2.24, 2.45) is 0 Å². The van der Waals surface area contributed by atoms with Gasteiger partial charge in [-0.05, 0) is 22.0 Å². The topological polar surface area (TPSA) is 45.8 Å².